The molecular weight excluding hydrogens is 260 g/mol. The molecule has 0 aromatic carbocycles. The molecule has 0 aromatic heterocycles. The number of rotatable bonds is 6. The summed E-state index contributed by atoms with van der Waals surface area (Å²) in [6, 6.07) is 0. The topological polar surface area (TPSA) is 61.6 Å². The summed E-state index contributed by atoms with van der Waals surface area (Å²) < 4.78 is 0. The summed E-state index contributed by atoms with van der Waals surface area (Å²) in [6.07, 6.45) is 1.52. The lowest BCUT2D eigenvalue weighted by Crippen LogP contribution is -2.59. The Morgan fingerprint density at radius 3 is 2.37 bits per heavy atom. The second kappa shape index (κ2) is 7.17. The van der Waals surface area contributed by atoms with Crippen molar-refractivity contribution >= 4 is 23.1 Å². The average Bonchev–Trinajstić information content (AvgIpc) is 2.39. The van der Waals surface area contributed by atoms with Crippen molar-refractivity contribution in [3.05, 3.63) is 0 Å². The molecule has 19 heavy (non-hydrogen) atoms. The van der Waals surface area contributed by atoms with Crippen LogP contribution in [0.25, 0.3) is 0 Å². The molecule has 1 amide bonds. The fourth-order valence-electron chi connectivity index (χ4n) is 2.27. The molecule has 1 rings (SSSR count). The highest BCUT2D eigenvalue weighted by atomic mass is 32.1. The van der Waals surface area contributed by atoms with E-state index in [1.807, 2.05) is 0 Å². The summed E-state index contributed by atoms with van der Waals surface area (Å²) in [5, 5.41) is 2.65. The van der Waals surface area contributed by atoms with E-state index < -0.39 is 0 Å². The van der Waals surface area contributed by atoms with Crippen molar-refractivity contribution in [2.24, 2.45) is 5.73 Å². The maximum absolute atomic E-state index is 11.1. The summed E-state index contributed by atoms with van der Waals surface area (Å²) in [5.74, 6) is 0.119. The number of carbonyl (C=O) groups is 1. The molecule has 0 spiro atoms. The molecule has 0 bridgehead atoms. The van der Waals surface area contributed by atoms with Gasteiger partial charge in [-0.3, -0.25) is 9.69 Å². The van der Waals surface area contributed by atoms with E-state index in [4.69, 9.17) is 18.0 Å². The summed E-state index contributed by atoms with van der Waals surface area (Å²) in [6.45, 7) is 9.12. The van der Waals surface area contributed by atoms with Gasteiger partial charge in [0.1, 0.15) is 0 Å². The van der Waals surface area contributed by atoms with Crippen LogP contribution in [0, 0.1) is 0 Å². The Hall–Kier alpha value is -0.720. The highest BCUT2D eigenvalue weighted by Gasteiger charge is 2.31. The van der Waals surface area contributed by atoms with Crippen LogP contribution in [0.2, 0.25) is 0 Å². The first-order chi connectivity index (χ1) is 8.87. The van der Waals surface area contributed by atoms with Gasteiger partial charge in [0.05, 0.1) is 10.5 Å². The van der Waals surface area contributed by atoms with Crippen molar-refractivity contribution < 1.29 is 4.79 Å². The van der Waals surface area contributed by atoms with Crippen LogP contribution in [0.1, 0.15) is 26.7 Å². The van der Waals surface area contributed by atoms with E-state index in [-0.39, 0.29) is 11.4 Å². The van der Waals surface area contributed by atoms with Crippen LogP contribution >= 0.6 is 12.2 Å². The average molecular weight is 286 g/mol. The molecule has 1 fully saturated rings. The molecule has 3 N–H and O–H groups in total. The second-order valence-electron chi connectivity index (χ2n) is 5.53. The normalized spacial score (nSPS) is 18.3. The number of nitrogens with two attached hydrogens (primary N) is 1. The summed E-state index contributed by atoms with van der Waals surface area (Å²) in [5.41, 5.74) is 5.59. The highest BCUT2D eigenvalue weighted by molar-refractivity contribution is 7.80. The third kappa shape index (κ3) is 4.71. The first-order valence-corrected chi connectivity index (χ1v) is 7.26. The third-order valence-electron chi connectivity index (χ3n) is 3.92. The molecule has 110 valence electrons. The zero-order valence-electron chi connectivity index (χ0n) is 12.2. The van der Waals surface area contributed by atoms with Gasteiger partial charge >= 0.3 is 0 Å². The SMILES string of the molecule is CNC(=O)CCCN1CCN(C(C)(C)C(N)=S)CC1. The van der Waals surface area contributed by atoms with E-state index in [1.54, 1.807) is 7.05 Å². The lowest BCUT2D eigenvalue weighted by Gasteiger charge is -2.43. The predicted molar refractivity (Wildman–Crippen MR) is 82.2 cm³/mol. The van der Waals surface area contributed by atoms with E-state index >= 15 is 0 Å². The molecule has 1 heterocycles. The highest BCUT2D eigenvalue weighted by Crippen LogP contribution is 2.17. The molecule has 0 aromatic rings. The van der Waals surface area contributed by atoms with Gasteiger partial charge in [0.2, 0.25) is 5.91 Å². The predicted octanol–water partition coefficient (Wildman–Crippen LogP) is 0.195. The number of amides is 1. The van der Waals surface area contributed by atoms with Crippen molar-refractivity contribution in [3.63, 3.8) is 0 Å². The molecular formula is C13H26N4OS. The van der Waals surface area contributed by atoms with Crippen molar-refractivity contribution in [1.29, 1.82) is 0 Å². The molecule has 5 nitrogen and oxygen atoms in total. The van der Waals surface area contributed by atoms with Gasteiger partial charge in [-0.05, 0) is 26.8 Å². The van der Waals surface area contributed by atoms with Gasteiger partial charge in [-0.1, -0.05) is 12.2 Å². The molecule has 0 radical (unpaired) electrons. The molecule has 1 aliphatic heterocycles. The number of thiocarbonyl (C=S) groups is 1. The van der Waals surface area contributed by atoms with Gasteiger partial charge in [0.25, 0.3) is 0 Å². The summed E-state index contributed by atoms with van der Waals surface area (Å²) >= 11 is 5.13. The summed E-state index contributed by atoms with van der Waals surface area (Å²) in [4.78, 5) is 16.4. The Morgan fingerprint density at radius 1 is 1.32 bits per heavy atom. The number of piperazine rings is 1. The Kier molecular flexibility index (Phi) is 6.16. The van der Waals surface area contributed by atoms with Crippen LogP contribution in [-0.4, -0.2) is 66.0 Å². The van der Waals surface area contributed by atoms with Gasteiger partial charge in [-0.2, -0.15) is 0 Å². The number of carbonyl (C=O) groups excluding carboxylic acids is 1. The minimum Gasteiger partial charge on any atom is -0.392 e. The maximum atomic E-state index is 11.1. The van der Waals surface area contributed by atoms with Crippen LogP contribution in [0.3, 0.4) is 0 Å². The minimum atomic E-state index is -0.205. The lowest BCUT2D eigenvalue weighted by atomic mass is 10.0. The third-order valence-corrected chi connectivity index (χ3v) is 4.42. The zero-order chi connectivity index (χ0) is 14.5. The van der Waals surface area contributed by atoms with Crippen LogP contribution in [-0.2, 0) is 4.79 Å². The van der Waals surface area contributed by atoms with Crippen molar-refractivity contribution in [2.75, 3.05) is 39.8 Å². The molecule has 0 saturated carbocycles. The van der Waals surface area contributed by atoms with Crippen LogP contribution in [0.5, 0.6) is 0 Å². The van der Waals surface area contributed by atoms with E-state index in [1.165, 1.54) is 0 Å². The minimum absolute atomic E-state index is 0.119. The Labute approximate surface area is 121 Å². The van der Waals surface area contributed by atoms with Crippen LogP contribution in [0.4, 0.5) is 0 Å². The Balaban J connectivity index is 2.29. The van der Waals surface area contributed by atoms with Gasteiger partial charge < -0.3 is 16.0 Å². The van der Waals surface area contributed by atoms with E-state index in [0.29, 0.717) is 11.4 Å². The molecule has 0 atom stereocenters. The largest absolute Gasteiger partial charge is 0.392 e. The van der Waals surface area contributed by atoms with Gasteiger partial charge in [0, 0.05) is 39.6 Å². The molecule has 0 unspecified atom stereocenters. The second-order valence-corrected chi connectivity index (χ2v) is 5.97. The van der Waals surface area contributed by atoms with E-state index in [2.05, 4.69) is 29.0 Å². The number of nitrogens with one attached hydrogen (secondary N) is 1. The number of hydrogen-bond donors (Lipinski definition) is 2. The number of hydrogen-bond acceptors (Lipinski definition) is 4. The molecule has 1 aliphatic rings. The fourth-order valence-corrected chi connectivity index (χ4v) is 2.40. The first kappa shape index (κ1) is 16.3. The van der Waals surface area contributed by atoms with E-state index in [9.17, 15) is 4.79 Å². The fraction of sp³-hybridized carbons (Fsp3) is 0.846. The van der Waals surface area contributed by atoms with Gasteiger partial charge in [-0.15, -0.1) is 0 Å². The van der Waals surface area contributed by atoms with Crippen LogP contribution in [0.15, 0.2) is 0 Å². The molecule has 6 heteroatoms. The lowest BCUT2D eigenvalue weighted by molar-refractivity contribution is -0.120. The molecule has 1 saturated heterocycles. The Bertz CT molecular complexity index is 325. The van der Waals surface area contributed by atoms with Gasteiger partial charge in [0.15, 0.2) is 0 Å². The smallest absolute Gasteiger partial charge is 0.219 e. The monoisotopic (exact) mass is 286 g/mol. The standard InChI is InChI=1S/C13H26N4OS/c1-13(2,12(14)19)17-9-7-16(8-10-17)6-4-5-11(18)15-3/h4-10H2,1-3H3,(H2,14,19)(H,15,18). The summed E-state index contributed by atoms with van der Waals surface area (Å²) in [7, 11) is 1.68. The quantitative estimate of drug-likeness (QED) is 0.683. The Morgan fingerprint density at radius 2 is 1.89 bits per heavy atom. The van der Waals surface area contributed by atoms with Gasteiger partial charge in [-0.25, -0.2) is 0 Å². The first-order valence-electron chi connectivity index (χ1n) is 6.86. The zero-order valence-corrected chi connectivity index (χ0v) is 13.1. The van der Waals surface area contributed by atoms with Crippen molar-refractivity contribution in [3.8, 4) is 0 Å². The number of nitrogens with zero attached hydrogens (tertiary/aromatic N) is 2. The van der Waals surface area contributed by atoms with Crippen molar-refractivity contribution in [1.82, 2.24) is 15.1 Å². The van der Waals surface area contributed by atoms with Crippen LogP contribution < -0.4 is 11.1 Å². The van der Waals surface area contributed by atoms with Crippen molar-refractivity contribution in [2.45, 2.75) is 32.2 Å². The van der Waals surface area contributed by atoms with E-state index in [0.717, 1.165) is 39.1 Å². The maximum Gasteiger partial charge on any atom is 0.219 e. The molecule has 0 aliphatic carbocycles.